The lowest BCUT2D eigenvalue weighted by atomic mass is 10.0. The van der Waals surface area contributed by atoms with Crippen molar-refractivity contribution in [1.29, 1.82) is 0 Å². The molecule has 1 rings (SSSR count). The fourth-order valence-electron chi connectivity index (χ4n) is 1.07. The Morgan fingerprint density at radius 2 is 2.21 bits per heavy atom. The van der Waals surface area contributed by atoms with Gasteiger partial charge in [0.2, 0.25) is 0 Å². The molecular formula is C10H13ClFNO. The van der Waals surface area contributed by atoms with Crippen LogP contribution in [0.25, 0.3) is 0 Å². The van der Waals surface area contributed by atoms with Crippen LogP contribution in [0, 0.1) is 5.82 Å². The lowest BCUT2D eigenvalue weighted by molar-refractivity contribution is 0.431. The molecule has 0 radical (unpaired) electrons. The topological polar surface area (TPSA) is 46.2 Å². The summed E-state index contributed by atoms with van der Waals surface area (Å²) in [6.07, 6.45) is 2.26. The van der Waals surface area contributed by atoms with Crippen molar-refractivity contribution in [1.82, 2.24) is 0 Å². The number of hydrogen-bond donors (Lipinski definition) is 2. The van der Waals surface area contributed by atoms with Crippen molar-refractivity contribution in [2.24, 2.45) is 5.73 Å². The van der Waals surface area contributed by atoms with E-state index in [9.17, 15) is 4.39 Å². The van der Waals surface area contributed by atoms with Gasteiger partial charge in [-0.05, 0) is 24.1 Å². The van der Waals surface area contributed by atoms with E-state index in [-0.39, 0.29) is 24.2 Å². The molecule has 0 heterocycles. The van der Waals surface area contributed by atoms with Crippen LogP contribution in [0.15, 0.2) is 30.9 Å². The molecule has 14 heavy (non-hydrogen) atoms. The zero-order chi connectivity index (χ0) is 9.84. The first-order valence-electron chi connectivity index (χ1n) is 4.00. The van der Waals surface area contributed by atoms with Crippen molar-refractivity contribution in [3.63, 3.8) is 0 Å². The van der Waals surface area contributed by atoms with Crippen LogP contribution in [0.2, 0.25) is 0 Å². The number of phenolic OH excluding ortho intramolecular Hbond substituents is 1. The molecule has 1 atom stereocenters. The van der Waals surface area contributed by atoms with Gasteiger partial charge in [0.15, 0.2) is 11.6 Å². The molecule has 0 saturated heterocycles. The van der Waals surface area contributed by atoms with Gasteiger partial charge in [0.25, 0.3) is 0 Å². The number of nitrogens with two attached hydrogens (primary N) is 1. The van der Waals surface area contributed by atoms with Gasteiger partial charge in [0.1, 0.15) is 0 Å². The van der Waals surface area contributed by atoms with Crippen molar-refractivity contribution in [2.45, 2.75) is 12.5 Å². The molecule has 2 nitrogen and oxygen atoms in total. The average Bonchev–Trinajstić information content (AvgIpc) is 2.10. The summed E-state index contributed by atoms with van der Waals surface area (Å²) in [5.41, 5.74) is 6.37. The lowest BCUT2D eigenvalue weighted by Crippen LogP contribution is -2.08. The molecule has 0 fully saturated rings. The highest BCUT2D eigenvalue weighted by Crippen LogP contribution is 2.21. The second-order valence-corrected chi connectivity index (χ2v) is 2.84. The van der Waals surface area contributed by atoms with Gasteiger partial charge in [-0.2, -0.15) is 0 Å². The van der Waals surface area contributed by atoms with Gasteiger partial charge < -0.3 is 10.8 Å². The Bertz CT molecular complexity index is 317. The molecule has 0 aliphatic rings. The summed E-state index contributed by atoms with van der Waals surface area (Å²) >= 11 is 0. The highest BCUT2D eigenvalue weighted by atomic mass is 35.5. The normalized spacial score (nSPS) is 11.6. The Morgan fingerprint density at radius 1 is 1.57 bits per heavy atom. The Morgan fingerprint density at radius 3 is 2.71 bits per heavy atom. The average molecular weight is 218 g/mol. The first-order valence-corrected chi connectivity index (χ1v) is 4.00. The van der Waals surface area contributed by atoms with E-state index >= 15 is 0 Å². The molecule has 0 aromatic heterocycles. The van der Waals surface area contributed by atoms with Crippen molar-refractivity contribution < 1.29 is 9.50 Å². The van der Waals surface area contributed by atoms with Crippen LogP contribution in [0.5, 0.6) is 5.75 Å². The summed E-state index contributed by atoms with van der Waals surface area (Å²) in [5, 5.41) is 8.92. The van der Waals surface area contributed by atoms with E-state index < -0.39 is 5.82 Å². The minimum Gasteiger partial charge on any atom is -0.505 e. The number of hydrogen-bond acceptors (Lipinski definition) is 2. The van der Waals surface area contributed by atoms with E-state index in [1.54, 1.807) is 12.1 Å². The van der Waals surface area contributed by atoms with Crippen LogP contribution in [-0.4, -0.2) is 5.11 Å². The van der Waals surface area contributed by atoms with Gasteiger partial charge in [-0.25, -0.2) is 4.39 Å². The molecule has 0 amide bonds. The SMILES string of the molecule is C=CC[C@@H](N)c1ccc(O)c(F)c1.Cl. The highest BCUT2D eigenvalue weighted by Gasteiger charge is 2.07. The second kappa shape index (κ2) is 5.62. The number of halogens is 2. The first-order chi connectivity index (χ1) is 6.15. The number of rotatable bonds is 3. The van der Waals surface area contributed by atoms with E-state index in [0.717, 1.165) is 0 Å². The van der Waals surface area contributed by atoms with Crippen LogP contribution < -0.4 is 5.73 Å². The van der Waals surface area contributed by atoms with Crippen LogP contribution >= 0.6 is 12.4 Å². The molecule has 3 N–H and O–H groups in total. The van der Waals surface area contributed by atoms with E-state index in [1.807, 2.05) is 0 Å². The molecule has 4 heteroatoms. The van der Waals surface area contributed by atoms with Crippen LogP contribution in [0.4, 0.5) is 4.39 Å². The highest BCUT2D eigenvalue weighted by molar-refractivity contribution is 5.85. The third-order valence-corrected chi connectivity index (χ3v) is 1.82. The van der Waals surface area contributed by atoms with Crippen molar-refractivity contribution in [3.05, 3.63) is 42.2 Å². The summed E-state index contributed by atoms with van der Waals surface area (Å²) in [5.74, 6) is -0.994. The van der Waals surface area contributed by atoms with Crippen LogP contribution in [-0.2, 0) is 0 Å². The third kappa shape index (κ3) is 3.01. The number of benzene rings is 1. The van der Waals surface area contributed by atoms with Gasteiger partial charge in [-0.15, -0.1) is 19.0 Å². The van der Waals surface area contributed by atoms with E-state index in [0.29, 0.717) is 12.0 Å². The quantitative estimate of drug-likeness (QED) is 0.765. The maximum Gasteiger partial charge on any atom is 0.165 e. The van der Waals surface area contributed by atoms with Gasteiger partial charge >= 0.3 is 0 Å². The summed E-state index contributed by atoms with van der Waals surface area (Å²) in [6, 6.07) is 3.89. The Balaban J connectivity index is 0.00000169. The van der Waals surface area contributed by atoms with E-state index in [2.05, 4.69) is 6.58 Å². The van der Waals surface area contributed by atoms with Crippen molar-refractivity contribution >= 4 is 12.4 Å². The molecule has 0 spiro atoms. The molecule has 0 aliphatic carbocycles. The second-order valence-electron chi connectivity index (χ2n) is 2.84. The predicted octanol–water partition coefficient (Wildman–Crippen LogP) is 2.53. The maximum absolute atomic E-state index is 12.8. The maximum atomic E-state index is 12.8. The summed E-state index contributed by atoms with van der Waals surface area (Å²) in [6.45, 7) is 3.54. The fourth-order valence-corrected chi connectivity index (χ4v) is 1.07. The first kappa shape index (κ1) is 12.9. The largest absolute Gasteiger partial charge is 0.505 e. The third-order valence-electron chi connectivity index (χ3n) is 1.82. The molecular weight excluding hydrogens is 205 g/mol. The minimum atomic E-state index is -0.642. The Hall–Kier alpha value is -1.06. The molecule has 0 bridgehead atoms. The zero-order valence-electron chi connectivity index (χ0n) is 7.61. The Labute approximate surface area is 88.7 Å². The van der Waals surface area contributed by atoms with Gasteiger partial charge in [0, 0.05) is 6.04 Å². The molecule has 78 valence electrons. The van der Waals surface area contributed by atoms with Crippen LogP contribution in [0.1, 0.15) is 18.0 Å². The van der Waals surface area contributed by atoms with E-state index in [1.165, 1.54) is 12.1 Å². The standard InChI is InChI=1S/C10H12FNO.ClH/c1-2-3-9(12)7-4-5-10(13)8(11)6-7;/h2,4-6,9,13H,1,3,12H2;1H/t9-;/m1./s1. The summed E-state index contributed by atoms with van der Waals surface area (Å²) in [4.78, 5) is 0. The summed E-state index contributed by atoms with van der Waals surface area (Å²) < 4.78 is 12.8. The fraction of sp³-hybridized carbons (Fsp3) is 0.200. The molecule has 1 aromatic rings. The van der Waals surface area contributed by atoms with Crippen molar-refractivity contribution in [2.75, 3.05) is 0 Å². The van der Waals surface area contributed by atoms with Gasteiger partial charge in [0.05, 0.1) is 0 Å². The van der Waals surface area contributed by atoms with Crippen LogP contribution in [0.3, 0.4) is 0 Å². The van der Waals surface area contributed by atoms with Gasteiger partial charge in [-0.1, -0.05) is 12.1 Å². The number of aromatic hydroxyl groups is 1. The minimum absolute atomic E-state index is 0. The summed E-state index contributed by atoms with van der Waals surface area (Å²) in [7, 11) is 0. The van der Waals surface area contributed by atoms with E-state index in [4.69, 9.17) is 10.8 Å². The monoisotopic (exact) mass is 217 g/mol. The predicted molar refractivity (Wildman–Crippen MR) is 57.1 cm³/mol. The zero-order valence-corrected chi connectivity index (χ0v) is 8.43. The molecule has 0 aliphatic heterocycles. The lowest BCUT2D eigenvalue weighted by Gasteiger charge is -2.09. The Kier molecular flexibility index (Phi) is 5.20. The van der Waals surface area contributed by atoms with Crippen molar-refractivity contribution in [3.8, 4) is 5.75 Å². The van der Waals surface area contributed by atoms with Gasteiger partial charge in [-0.3, -0.25) is 0 Å². The number of phenols is 1. The molecule has 0 unspecified atom stereocenters. The smallest absolute Gasteiger partial charge is 0.165 e. The molecule has 1 aromatic carbocycles. The molecule has 0 saturated carbocycles.